The van der Waals surface area contributed by atoms with Crippen molar-refractivity contribution in [1.82, 2.24) is 10.0 Å². The highest BCUT2D eigenvalue weighted by Crippen LogP contribution is 2.26. The predicted molar refractivity (Wildman–Crippen MR) is 70.4 cm³/mol. The summed E-state index contributed by atoms with van der Waals surface area (Å²) in [4.78, 5) is 11.1. The van der Waals surface area contributed by atoms with Gasteiger partial charge in [-0.3, -0.25) is 0 Å². The largest absolute Gasteiger partial charge is 0.396 e. The van der Waals surface area contributed by atoms with Gasteiger partial charge < -0.3 is 11.1 Å². The molecule has 1 aromatic rings. The number of carbonyl (C=O) groups is 1. The molecule has 1 aliphatic carbocycles. The third-order valence-electron chi connectivity index (χ3n) is 2.48. The van der Waals surface area contributed by atoms with Crippen molar-refractivity contribution in [2.24, 2.45) is 0 Å². The number of halogens is 2. The summed E-state index contributed by atoms with van der Waals surface area (Å²) in [7, 11) is -4.10. The van der Waals surface area contributed by atoms with Crippen molar-refractivity contribution >= 4 is 37.7 Å². The number of nitrogens with two attached hydrogens (primary N) is 1. The van der Waals surface area contributed by atoms with E-state index in [0.717, 1.165) is 25.0 Å². The first-order valence-electron chi connectivity index (χ1n) is 5.37. The Hall–Kier alpha value is -1.35. The molecule has 19 heavy (non-hydrogen) atoms. The number of sulfonamides is 1. The van der Waals surface area contributed by atoms with Crippen LogP contribution in [0.25, 0.3) is 0 Å². The number of nitrogen functional groups attached to an aromatic ring is 1. The fourth-order valence-electron chi connectivity index (χ4n) is 1.37. The fourth-order valence-corrected chi connectivity index (χ4v) is 3.34. The monoisotopic (exact) mass is 351 g/mol. The summed E-state index contributed by atoms with van der Waals surface area (Å²) in [6.07, 6.45) is 1.67. The van der Waals surface area contributed by atoms with E-state index in [1.54, 1.807) is 0 Å². The Morgan fingerprint density at radius 1 is 1.42 bits per heavy atom. The van der Waals surface area contributed by atoms with Crippen molar-refractivity contribution in [3.63, 3.8) is 0 Å². The van der Waals surface area contributed by atoms with Gasteiger partial charge in [0, 0.05) is 10.5 Å². The van der Waals surface area contributed by atoms with E-state index in [0.29, 0.717) is 0 Å². The van der Waals surface area contributed by atoms with Crippen molar-refractivity contribution in [2.75, 3.05) is 5.73 Å². The smallest absolute Gasteiger partial charge is 0.328 e. The van der Waals surface area contributed by atoms with Crippen LogP contribution in [0.4, 0.5) is 14.9 Å². The Bertz CT molecular complexity index is 631. The summed E-state index contributed by atoms with van der Waals surface area (Å²) >= 11 is 2.92. The molecule has 0 unspecified atom stereocenters. The SMILES string of the molecule is Nc1cc(S(=O)(=O)NC(=O)NC2CC2)c(Br)cc1F. The van der Waals surface area contributed by atoms with Gasteiger partial charge in [-0.05, 0) is 40.9 Å². The molecule has 0 heterocycles. The van der Waals surface area contributed by atoms with Gasteiger partial charge in [-0.25, -0.2) is 22.3 Å². The van der Waals surface area contributed by atoms with Gasteiger partial charge in [-0.2, -0.15) is 0 Å². The van der Waals surface area contributed by atoms with Crippen LogP contribution in [0, 0.1) is 5.82 Å². The molecular weight excluding hydrogens is 341 g/mol. The number of benzene rings is 1. The number of anilines is 1. The zero-order valence-corrected chi connectivity index (χ0v) is 12.0. The van der Waals surface area contributed by atoms with Gasteiger partial charge in [0.15, 0.2) is 0 Å². The second kappa shape index (κ2) is 4.97. The average molecular weight is 352 g/mol. The summed E-state index contributed by atoms with van der Waals surface area (Å²) in [5.41, 5.74) is 5.01. The molecule has 6 nitrogen and oxygen atoms in total. The fraction of sp³-hybridized carbons (Fsp3) is 0.300. The average Bonchev–Trinajstić information content (AvgIpc) is 3.05. The predicted octanol–water partition coefficient (Wildman–Crippen LogP) is 1.32. The standard InChI is InChI=1S/C10H11BrFN3O3S/c11-6-3-7(12)8(13)4-9(6)19(17,18)15-10(16)14-5-1-2-5/h3-5H,1-2,13H2,(H2,14,15,16). The summed E-state index contributed by atoms with van der Waals surface area (Å²) in [6.45, 7) is 0. The maximum atomic E-state index is 13.1. The van der Waals surface area contributed by atoms with E-state index in [-0.39, 0.29) is 21.1 Å². The van der Waals surface area contributed by atoms with Crippen LogP contribution in [0.5, 0.6) is 0 Å². The van der Waals surface area contributed by atoms with E-state index in [4.69, 9.17) is 5.73 Å². The molecular formula is C10H11BrFN3O3S. The molecule has 0 aliphatic heterocycles. The van der Waals surface area contributed by atoms with Gasteiger partial charge >= 0.3 is 6.03 Å². The molecule has 0 atom stereocenters. The van der Waals surface area contributed by atoms with Crippen molar-refractivity contribution in [3.05, 3.63) is 22.4 Å². The summed E-state index contributed by atoms with van der Waals surface area (Å²) < 4.78 is 38.9. The van der Waals surface area contributed by atoms with Crippen LogP contribution in [-0.4, -0.2) is 20.5 Å². The molecule has 2 amide bonds. The Balaban J connectivity index is 2.23. The van der Waals surface area contributed by atoms with Crippen LogP contribution in [0.3, 0.4) is 0 Å². The van der Waals surface area contributed by atoms with E-state index in [1.807, 2.05) is 4.72 Å². The van der Waals surface area contributed by atoms with Gasteiger partial charge in [0.2, 0.25) is 0 Å². The topological polar surface area (TPSA) is 101 Å². The lowest BCUT2D eigenvalue weighted by Gasteiger charge is -2.10. The maximum Gasteiger partial charge on any atom is 0.328 e. The van der Waals surface area contributed by atoms with Gasteiger partial charge in [-0.1, -0.05) is 0 Å². The molecule has 0 aromatic heterocycles. The molecule has 1 saturated carbocycles. The number of hydrogen-bond acceptors (Lipinski definition) is 4. The molecule has 104 valence electrons. The van der Waals surface area contributed by atoms with Crippen LogP contribution in [0.2, 0.25) is 0 Å². The van der Waals surface area contributed by atoms with Crippen LogP contribution < -0.4 is 15.8 Å². The third-order valence-corrected chi connectivity index (χ3v) is 4.77. The van der Waals surface area contributed by atoms with E-state index < -0.39 is 21.9 Å². The quantitative estimate of drug-likeness (QED) is 0.714. The van der Waals surface area contributed by atoms with E-state index >= 15 is 0 Å². The Morgan fingerprint density at radius 3 is 2.63 bits per heavy atom. The zero-order valence-electron chi connectivity index (χ0n) is 9.61. The minimum Gasteiger partial charge on any atom is -0.396 e. The maximum absolute atomic E-state index is 13.1. The molecule has 0 bridgehead atoms. The van der Waals surface area contributed by atoms with E-state index in [9.17, 15) is 17.6 Å². The molecule has 9 heteroatoms. The van der Waals surface area contributed by atoms with Gasteiger partial charge in [0.1, 0.15) is 10.7 Å². The lowest BCUT2D eigenvalue weighted by atomic mass is 10.3. The lowest BCUT2D eigenvalue weighted by Crippen LogP contribution is -2.40. The van der Waals surface area contributed by atoms with E-state index in [2.05, 4.69) is 21.2 Å². The number of hydrogen-bond donors (Lipinski definition) is 3. The first-order chi connectivity index (χ1) is 8.79. The Morgan fingerprint density at radius 2 is 2.05 bits per heavy atom. The highest BCUT2D eigenvalue weighted by atomic mass is 79.9. The summed E-state index contributed by atoms with van der Waals surface area (Å²) in [6, 6.07) is 1.10. The Labute approximate surface area is 117 Å². The highest BCUT2D eigenvalue weighted by molar-refractivity contribution is 9.10. The first kappa shape index (κ1) is 14.1. The van der Waals surface area contributed by atoms with Crippen molar-refractivity contribution in [3.8, 4) is 0 Å². The third kappa shape index (κ3) is 3.35. The number of urea groups is 1. The van der Waals surface area contributed by atoms with Crippen LogP contribution >= 0.6 is 15.9 Å². The Kier molecular flexibility index (Phi) is 3.68. The van der Waals surface area contributed by atoms with Gasteiger partial charge in [0.25, 0.3) is 10.0 Å². The molecule has 0 radical (unpaired) electrons. The molecule has 1 aromatic carbocycles. The van der Waals surface area contributed by atoms with Crippen molar-refractivity contribution < 1.29 is 17.6 Å². The van der Waals surface area contributed by atoms with Crippen molar-refractivity contribution in [2.45, 2.75) is 23.8 Å². The molecule has 4 N–H and O–H groups in total. The number of carbonyl (C=O) groups excluding carboxylic acids is 1. The minimum absolute atomic E-state index is 0.00841. The van der Waals surface area contributed by atoms with Gasteiger partial charge in [-0.15, -0.1) is 0 Å². The molecule has 1 aliphatic rings. The lowest BCUT2D eigenvalue weighted by molar-refractivity contribution is 0.245. The molecule has 1 fully saturated rings. The van der Waals surface area contributed by atoms with Crippen LogP contribution in [0.1, 0.15) is 12.8 Å². The highest BCUT2D eigenvalue weighted by Gasteiger charge is 2.27. The second-order valence-electron chi connectivity index (χ2n) is 4.16. The minimum atomic E-state index is -4.10. The number of amides is 2. The van der Waals surface area contributed by atoms with Crippen LogP contribution in [0.15, 0.2) is 21.5 Å². The molecule has 0 spiro atoms. The first-order valence-corrected chi connectivity index (χ1v) is 7.65. The zero-order chi connectivity index (χ0) is 14.2. The molecule has 2 rings (SSSR count). The van der Waals surface area contributed by atoms with Crippen molar-refractivity contribution in [1.29, 1.82) is 0 Å². The van der Waals surface area contributed by atoms with Gasteiger partial charge in [0.05, 0.1) is 5.69 Å². The van der Waals surface area contributed by atoms with Crippen LogP contribution in [-0.2, 0) is 10.0 Å². The summed E-state index contributed by atoms with van der Waals surface area (Å²) in [5.74, 6) is -0.742. The number of rotatable bonds is 3. The normalized spacial score (nSPS) is 15.1. The second-order valence-corrected chi connectivity index (χ2v) is 6.66. The summed E-state index contributed by atoms with van der Waals surface area (Å²) in [5, 5.41) is 2.48. The van der Waals surface area contributed by atoms with E-state index in [1.165, 1.54) is 0 Å². The number of nitrogens with one attached hydrogen (secondary N) is 2. The molecule has 0 saturated heterocycles.